The van der Waals surface area contributed by atoms with Crippen molar-refractivity contribution in [2.45, 2.75) is 57.7 Å². The Morgan fingerprint density at radius 1 is 1.07 bits per heavy atom. The third-order valence-corrected chi connectivity index (χ3v) is 6.47. The molecule has 2 aromatic rings. The Hall–Kier alpha value is -2.67. The fourth-order valence-electron chi connectivity index (χ4n) is 4.64. The van der Waals surface area contributed by atoms with Crippen LogP contribution in [0.5, 0.6) is 0 Å². The summed E-state index contributed by atoms with van der Waals surface area (Å²) in [5.74, 6) is 1.96. The van der Waals surface area contributed by atoms with E-state index in [1.165, 1.54) is 43.5 Å². The van der Waals surface area contributed by atoms with Gasteiger partial charge in [-0.05, 0) is 56.3 Å². The Labute approximate surface area is 177 Å². The van der Waals surface area contributed by atoms with Gasteiger partial charge in [0.15, 0.2) is 5.78 Å². The van der Waals surface area contributed by atoms with E-state index in [0.29, 0.717) is 37.3 Å². The Kier molecular flexibility index (Phi) is 5.29. The van der Waals surface area contributed by atoms with Crippen LogP contribution in [0.3, 0.4) is 0 Å². The SMILES string of the molecule is Nc1nc(NC2CCC2)nc2c1CC(=O)CN2Cc1cccc(CN2CCCC2)c1. The molecular formula is C23H30N6O. The van der Waals surface area contributed by atoms with Crippen molar-refractivity contribution in [2.24, 2.45) is 0 Å². The number of anilines is 3. The topological polar surface area (TPSA) is 87.4 Å². The van der Waals surface area contributed by atoms with Crippen LogP contribution in [0, 0.1) is 0 Å². The summed E-state index contributed by atoms with van der Waals surface area (Å²) >= 11 is 0. The van der Waals surface area contributed by atoms with Gasteiger partial charge in [0.05, 0.1) is 6.54 Å². The third kappa shape index (κ3) is 4.12. The van der Waals surface area contributed by atoms with Gasteiger partial charge < -0.3 is 16.0 Å². The maximum absolute atomic E-state index is 12.4. The van der Waals surface area contributed by atoms with Crippen LogP contribution in [-0.2, 0) is 24.3 Å². The standard InChI is InChI=1S/C23H30N6O/c24-21-20-12-19(30)15-29(22(20)27-23(26-21)25-18-7-4-8-18)14-17-6-3-5-16(11-17)13-28-9-1-2-10-28/h3,5-6,11,18H,1-2,4,7-10,12-15H2,(H3,24,25,26,27). The van der Waals surface area contributed by atoms with Gasteiger partial charge in [-0.2, -0.15) is 9.97 Å². The molecule has 1 saturated heterocycles. The first-order valence-corrected chi connectivity index (χ1v) is 11.1. The molecule has 0 spiro atoms. The average Bonchev–Trinajstić information content (AvgIpc) is 3.19. The molecule has 0 bridgehead atoms. The van der Waals surface area contributed by atoms with E-state index in [2.05, 4.69) is 44.4 Å². The van der Waals surface area contributed by atoms with Crippen molar-refractivity contribution in [1.29, 1.82) is 0 Å². The molecule has 3 aliphatic rings. The number of likely N-dealkylation sites (tertiary alicyclic amines) is 1. The Bertz CT molecular complexity index is 935. The number of nitrogens with one attached hydrogen (secondary N) is 1. The van der Waals surface area contributed by atoms with Crippen LogP contribution < -0.4 is 16.0 Å². The number of Topliss-reactive ketones (excluding diaryl/α,β-unsaturated/α-hetero) is 1. The maximum Gasteiger partial charge on any atom is 0.226 e. The van der Waals surface area contributed by atoms with Crippen molar-refractivity contribution in [3.05, 3.63) is 41.0 Å². The number of benzene rings is 1. The highest BCUT2D eigenvalue weighted by molar-refractivity contribution is 5.91. The van der Waals surface area contributed by atoms with E-state index in [1.54, 1.807) is 0 Å². The molecule has 0 radical (unpaired) electrons. The van der Waals surface area contributed by atoms with Gasteiger partial charge in [0.25, 0.3) is 0 Å². The predicted molar refractivity (Wildman–Crippen MR) is 118 cm³/mol. The minimum atomic E-state index is 0.158. The summed E-state index contributed by atoms with van der Waals surface area (Å²) in [4.78, 5) is 26.2. The third-order valence-electron chi connectivity index (χ3n) is 6.47. The number of nitrogens with two attached hydrogens (primary N) is 1. The van der Waals surface area contributed by atoms with Gasteiger partial charge in [-0.1, -0.05) is 24.3 Å². The summed E-state index contributed by atoms with van der Waals surface area (Å²) in [6, 6.07) is 9.13. The smallest absolute Gasteiger partial charge is 0.226 e. The number of nitrogens with zero attached hydrogens (tertiary/aromatic N) is 4. The van der Waals surface area contributed by atoms with E-state index < -0.39 is 0 Å². The number of hydrogen-bond acceptors (Lipinski definition) is 7. The van der Waals surface area contributed by atoms with Crippen LogP contribution in [0.4, 0.5) is 17.6 Å². The Balaban J connectivity index is 1.37. The quantitative estimate of drug-likeness (QED) is 0.763. The van der Waals surface area contributed by atoms with E-state index in [4.69, 9.17) is 10.7 Å². The number of fused-ring (bicyclic) bond motifs is 1. The molecule has 3 heterocycles. The molecule has 1 saturated carbocycles. The van der Waals surface area contributed by atoms with Gasteiger partial charge >= 0.3 is 0 Å². The highest BCUT2D eigenvalue weighted by Crippen LogP contribution is 2.31. The molecule has 5 rings (SSSR count). The number of carbonyl (C=O) groups is 1. The minimum absolute atomic E-state index is 0.158. The molecule has 1 aromatic carbocycles. The zero-order valence-corrected chi connectivity index (χ0v) is 17.4. The van der Waals surface area contributed by atoms with Crippen molar-refractivity contribution < 1.29 is 4.79 Å². The molecule has 1 aliphatic carbocycles. The predicted octanol–water partition coefficient (Wildman–Crippen LogP) is 2.75. The largest absolute Gasteiger partial charge is 0.383 e. The van der Waals surface area contributed by atoms with E-state index in [0.717, 1.165) is 30.8 Å². The zero-order valence-electron chi connectivity index (χ0n) is 17.4. The van der Waals surface area contributed by atoms with Gasteiger partial charge in [-0.25, -0.2) is 0 Å². The first-order chi connectivity index (χ1) is 14.6. The van der Waals surface area contributed by atoms with Crippen LogP contribution in [0.2, 0.25) is 0 Å². The summed E-state index contributed by atoms with van der Waals surface area (Å²) in [6.45, 7) is 4.37. The van der Waals surface area contributed by atoms with Crippen LogP contribution in [-0.4, -0.2) is 46.3 Å². The second-order valence-corrected chi connectivity index (χ2v) is 8.88. The molecule has 2 fully saturated rings. The lowest BCUT2D eigenvalue weighted by atomic mass is 9.93. The molecular weight excluding hydrogens is 376 g/mol. The summed E-state index contributed by atoms with van der Waals surface area (Å²) in [6.07, 6.45) is 6.44. The lowest BCUT2D eigenvalue weighted by Crippen LogP contribution is -2.37. The number of aromatic nitrogens is 2. The average molecular weight is 407 g/mol. The molecule has 0 atom stereocenters. The van der Waals surface area contributed by atoms with Crippen molar-refractivity contribution in [1.82, 2.24) is 14.9 Å². The Morgan fingerprint density at radius 3 is 2.57 bits per heavy atom. The molecule has 2 aliphatic heterocycles. The molecule has 158 valence electrons. The van der Waals surface area contributed by atoms with Gasteiger partial charge in [-0.3, -0.25) is 9.69 Å². The lowest BCUT2D eigenvalue weighted by Gasteiger charge is -2.31. The number of hydrogen-bond donors (Lipinski definition) is 2. The van der Waals surface area contributed by atoms with Gasteiger partial charge in [0, 0.05) is 31.1 Å². The molecule has 7 heteroatoms. The summed E-state index contributed by atoms with van der Waals surface area (Å²) in [5.41, 5.74) is 9.52. The van der Waals surface area contributed by atoms with Crippen LogP contribution in [0.25, 0.3) is 0 Å². The van der Waals surface area contributed by atoms with Gasteiger partial charge in [0.1, 0.15) is 11.6 Å². The van der Waals surface area contributed by atoms with E-state index in [-0.39, 0.29) is 5.78 Å². The molecule has 1 aromatic heterocycles. The fourth-order valence-corrected chi connectivity index (χ4v) is 4.64. The van der Waals surface area contributed by atoms with E-state index >= 15 is 0 Å². The first kappa shape index (κ1) is 19.3. The van der Waals surface area contributed by atoms with Gasteiger partial charge in [-0.15, -0.1) is 0 Å². The number of rotatable bonds is 6. The maximum atomic E-state index is 12.4. The highest BCUT2D eigenvalue weighted by Gasteiger charge is 2.28. The first-order valence-electron chi connectivity index (χ1n) is 11.1. The van der Waals surface area contributed by atoms with Crippen LogP contribution >= 0.6 is 0 Å². The minimum Gasteiger partial charge on any atom is -0.383 e. The second kappa shape index (κ2) is 8.22. The lowest BCUT2D eigenvalue weighted by molar-refractivity contribution is -0.117. The number of nitrogen functional groups attached to an aromatic ring is 1. The van der Waals surface area contributed by atoms with Crippen LogP contribution in [0.1, 0.15) is 48.8 Å². The van der Waals surface area contributed by atoms with E-state index in [1.807, 2.05) is 0 Å². The van der Waals surface area contributed by atoms with Crippen molar-refractivity contribution in [3.63, 3.8) is 0 Å². The normalized spacial score (nSPS) is 19.6. The number of ketones is 1. The molecule has 7 nitrogen and oxygen atoms in total. The second-order valence-electron chi connectivity index (χ2n) is 8.88. The van der Waals surface area contributed by atoms with Crippen molar-refractivity contribution >= 4 is 23.4 Å². The Morgan fingerprint density at radius 2 is 1.83 bits per heavy atom. The summed E-state index contributed by atoms with van der Waals surface area (Å²) in [5, 5.41) is 3.40. The highest BCUT2D eigenvalue weighted by atomic mass is 16.1. The summed E-state index contributed by atoms with van der Waals surface area (Å²) < 4.78 is 0. The molecule has 30 heavy (non-hydrogen) atoms. The van der Waals surface area contributed by atoms with E-state index in [9.17, 15) is 4.79 Å². The van der Waals surface area contributed by atoms with Crippen molar-refractivity contribution in [2.75, 3.05) is 35.6 Å². The number of carbonyl (C=O) groups excluding carboxylic acids is 1. The van der Waals surface area contributed by atoms with Crippen LogP contribution in [0.15, 0.2) is 24.3 Å². The zero-order chi connectivity index (χ0) is 20.5. The molecule has 3 N–H and O–H groups in total. The monoisotopic (exact) mass is 406 g/mol. The molecule has 0 unspecified atom stereocenters. The summed E-state index contributed by atoms with van der Waals surface area (Å²) in [7, 11) is 0. The molecule has 0 amide bonds. The van der Waals surface area contributed by atoms with Gasteiger partial charge in [0.2, 0.25) is 5.95 Å². The fraction of sp³-hybridized carbons (Fsp3) is 0.522. The van der Waals surface area contributed by atoms with Crippen molar-refractivity contribution in [3.8, 4) is 0 Å².